The van der Waals surface area contributed by atoms with Crippen molar-refractivity contribution >= 4 is 35.2 Å². The number of aryl methyl sites for hydroxylation is 1. The van der Waals surface area contributed by atoms with Crippen molar-refractivity contribution < 1.29 is 4.92 Å². The van der Waals surface area contributed by atoms with Crippen molar-refractivity contribution in [3.8, 4) is 5.69 Å². The van der Waals surface area contributed by atoms with Crippen molar-refractivity contribution in [3.63, 3.8) is 0 Å². The summed E-state index contributed by atoms with van der Waals surface area (Å²) in [4.78, 5) is 15.3. The first kappa shape index (κ1) is 20.5. The topological polar surface area (TPSA) is 72.4 Å². The van der Waals surface area contributed by atoms with E-state index in [1.165, 1.54) is 6.07 Å². The molecule has 8 nitrogen and oxygen atoms in total. The Kier molecular flexibility index (Phi) is 5.85. The van der Waals surface area contributed by atoms with Gasteiger partial charge in [0.15, 0.2) is 0 Å². The Bertz CT molecular complexity index is 1120. The maximum atomic E-state index is 11.4. The highest BCUT2D eigenvalue weighted by Crippen LogP contribution is 2.31. The van der Waals surface area contributed by atoms with Gasteiger partial charge in [-0.2, -0.15) is 5.10 Å². The third-order valence-corrected chi connectivity index (χ3v) is 5.83. The van der Waals surface area contributed by atoms with Crippen molar-refractivity contribution in [2.75, 3.05) is 31.1 Å². The Morgan fingerprint density at radius 2 is 1.83 bits per heavy atom. The molecular weight excluding hydrogens is 424 g/mol. The molecule has 30 heavy (non-hydrogen) atoms. The fourth-order valence-electron chi connectivity index (χ4n) is 3.71. The second-order valence-corrected chi connectivity index (χ2v) is 7.94. The van der Waals surface area contributed by atoms with E-state index in [-0.39, 0.29) is 10.6 Å². The fraction of sp³-hybridized carbons (Fsp3) is 0.300. The van der Waals surface area contributed by atoms with Gasteiger partial charge in [0.25, 0.3) is 5.69 Å². The first-order valence-electron chi connectivity index (χ1n) is 9.57. The van der Waals surface area contributed by atoms with Crippen LogP contribution in [0.15, 0.2) is 48.5 Å². The summed E-state index contributed by atoms with van der Waals surface area (Å²) < 4.78 is 4.44. The molecule has 1 saturated heterocycles. The van der Waals surface area contributed by atoms with Gasteiger partial charge in [-0.15, -0.1) is 0 Å². The number of aromatic nitrogens is 3. The second kappa shape index (κ2) is 8.55. The molecule has 0 aliphatic carbocycles. The molecule has 156 valence electrons. The quantitative estimate of drug-likeness (QED) is 0.336. The van der Waals surface area contributed by atoms with Crippen LogP contribution in [0.2, 0.25) is 5.02 Å². The summed E-state index contributed by atoms with van der Waals surface area (Å²) in [7, 11) is 0. The van der Waals surface area contributed by atoms with Crippen molar-refractivity contribution in [2.24, 2.45) is 0 Å². The molecule has 2 aromatic carbocycles. The number of nitro benzene ring substituents is 1. The zero-order chi connectivity index (χ0) is 21.3. The number of nitrogens with zero attached hydrogens (tertiary/aromatic N) is 6. The molecule has 0 bridgehead atoms. The Morgan fingerprint density at radius 1 is 1.13 bits per heavy atom. The summed E-state index contributed by atoms with van der Waals surface area (Å²) in [6.45, 7) is 5.37. The van der Waals surface area contributed by atoms with Crippen molar-refractivity contribution in [1.29, 1.82) is 0 Å². The van der Waals surface area contributed by atoms with Gasteiger partial charge in [-0.25, -0.2) is 4.68 Å². The van der Waals surface area contributed by atoms with Gasteiger partial charge in [0.2, 0.25) is 4.77 Å². The van der Waals surface area contributed by atoms with E-state index in [9.17, 15) is 10.1 Å². The van der Waals surface area contributed by atoms with Gasteiger partial charge in [-0.3, -0.25) is 19.6 Å². The zero-order valence-electron chi connectivity index (χ0n) is 16.4. The minimum Gasteiger partial charge on any atom is -0.363 e. The average molecular weight is 445 g/mol. The Labute approximate surface area is 184 Å². The molecule has 1 aliphatic heterocycles. The van der Waals surface area contributed by atoms with E-state index < -0.39 is 0 Å². The van der Waals surface area contributed by atoms with Crippen LogP contribution in [0.3, 0.4) is 0 Å². The smallest absolute Gasteiger partial charge is 0.294 e. The molecule has 3 aromatic rings. The Balaban J connectivity index is 1.47. The number of para-hydroxylation sites is 1. The first-order chi connectivity index (χ1) is 14.4. The molecule has 4 rings (SSSR count). The van der Waals surface area contributed by atoms with Gasteiger partial charge >= 0.3 is 0 Å². The monoisotopic (exact) mass is 444 g/mol. The largest absolute Gasteiger partial charge is 0.363 e. The van der Waals surface area contributed by atoms with Crippen LogP contribution in [0.25, 0.3) is 5.69 Å². The number of benzene rings is 2. The van der Waals surface area contributed by atoms with Gasteiger partial charge in [0.05, 0.1) is 11.6 Å². The Hall–Kier alpha value is -2.75. The van der Waals surface area contributed by atoms with E-state index >= 15 is 0 Å². The summed E-state index contributed by atoms with van der Waals surface area (Å²) in [5.41, 5.74) is 1.63. The van der Waals surface area contributed by atoms with Gasteiger partial charge < -0.3 is 4.90 Å². The van der Waals surface area contributed by atoms with Crippen LogP contribution in [0.1, 0.15) is 5.82 Å². The van der Waals surface area contributed by atoms with E-state index in [2.05, 4.69) is 10.00 Å². The highest BCUT2D eigenvalue weighted by molar-refractivity contribution is 7.71. The number of halogens is 1. The molecular formula is C20H21ClN6O2S. The predicted molar refractivity (Wildman–Crippen MR) is 119 cm³/mol. The van der Waals surface area contributed by atoms with Crippen molar-refractivity contribution in [2.45, 2.75) is 13.6 Å². The molecule has 0 radical (unpaired) electrons. The second-order valence-electron chi connectivity index (χ2n) is 7.14. The molecule has 0 N–H and O–H groups in total. The third kappa shape index (κ3) is 4.09. The van der Waals surface area contributed by atoms with E-state index in [4.69, 9.17) is 23.8 Å². The SMILES string of the molecule is Cc1nn(CN2CCN(c3ccc(Cl)cc3[N+](=O)[O-])CC2)c(=S)n1-c1ccccc1. The number of rotatable bonds is 5. The van der Waals surface area contributed by atoms with E-state index in [0.717, 1.165) is 24.6 Å². The van der Waals surface area contributed by atoms with Crippen LogP contribution < -0.4 is 4.90 Å². The summed E-state index contributed by atoms with van der Waals surface area (Å²) >= 11 is 11.6. The van der Waals surface area contributed by atoms with E-state index in [0.29, 0.717) is 35.2 Å². The van der Waals surface area contributed by atoms with Crippen LogP contribution in [0.4, 0.5) is 11.4 Å². The van der Waals surface area contributed by atoms with Gasteiger partial charge in [-0.1, -0.05) is 29.8 Å². The fourth-order valence-corrected chi connectivity index (χ4v) is 4.21. The average Bonchev–Trinajstić information content (AvgIpc) is 3.02. The molecule has 0 amide bonds. The summed E-state index contributed by atoms with van der Waals surface area (Å²) in [5, 5.41) is 16.4. The lowest BCUT2D eigenvalue weighted by atomic mass is 10.2. The van der Waals surface area contributed by atoms with Crippen molar-refractivity contribution in [1.82, 2.24) is 19.2 Å². The minimum atomic E-state index is -0.383. The highest BCUT2D eigenvalue weighted by Gasteiger charge is 2.24. The molecule has 1 aliphatic rings. The van der Waals surface area contributed by atoms with Gasteiger partial charge in [-0.05, 0) is 43.4 Å². The number of nitro groups is 1. The maximum Gasteiger partial charge on any atom is 0.294 e. The van der Waals surface area contributed by atoms with Crippen molar-refractivity contribution in [3.05, 3.63) is 74.3 Å². The molecule has 0 spiro atoms. The standard InChI is InChI=1S/C20H21ClN6O2S/c1-15-22-25(20(30)26(15)17-5-3-2-4-6-17)14-23-9-11-24(12-10-23)18-8-7-16(21)13-19(18)27(28)29/h2-8,13H,9-12,14H2,1H3. The molecule has 0 saturated carbocycles. The summed E-state index contributed by atoms with van der Waals surface area (Å²) in [6.07, 6.45) is 0. The van der Waals surface area contributed by atoms with Gasteiger partial charge in [0.1, 0.15) is 11.5 Å². The lowest BCUT2D eigenvalue weighted by Crippen LogP contribution is -2.47. The van der Waals surface area contributed by atoms with Crippen LogP contribution >= 0.6 is 23.8 Å². The number of anilines is 1. The molecule has 0 atom stereocenters. The van der Waals surface area contributed by atoms with Crippen LogP contribution in [0.5, 0.6) is 0 Å². The predicted octanol–water partition coefficient (Wildman–Crippen LogP) is 4.05. The lowest BCUT2D eigenvalue weighted by Gasteiger charge is -2.35. The highest BCUT2D eigenvalue weighted by atomic mass is 35.5. The normalized spacial score (nSPS) is 14.8. The van der Waals surface area contributed by atoms with Crippen LogP contribution in [0, 0.1) is 21.8 Å². The molecule has 2 heterocycles. The number of piperazine rings is 1. The third-order valence-electron chi connectivity index (χ3n) is 5.20. The lowest BCUT2D eigenvalue weighted by molar-refractivity contribution is -0.384. The first-order valence-corrected chi connectivity index (χ1v) is 10.4. The van der Waals surface area contributed by atoms with Crippen LogP contribution in [-0.2, 0) is 6.67 Å². The summed E-state index contributed by atoms with van der Waals surface area (Å²) in [5.74, 6) is 0.835. The number of hydrogen-bond acceptors (Lipinski definition) is 6. The van der Waals surface area contributed by atoms with E-state index in [1.807, 2.05) is 51.4 Å². The van der Waals surface area contributed by atoms with Gasteiger partial charge in [0, 0.05) is 43.0 Å². The summed E-state index contributed by atoms with van der Waals surface area (Å²) in [6, 6.07) is 14.7. The minimum absolute atomic E-state index is 0.0374. The maximum absolute atomic E-state index is 11.4. The molecule has 1 aromatic heterocycles. The molecule has 10 heteroatoms. The number of hydrogen-bond donors (Lipinski definition) is 0. The van der Waals surface area contributed by atoms with Crippen LogP contribution in [-0.4, -0.2) is 50.3 Å². The Morgan fingerprint density at radius 3 is 2.50 bits per heavy atom. The molecule has 1 fully saturated rings. The van der Waals surface area contributed by atoms with E-state index in [1.54, 1.807) is 12.1 Å². The zero-order valence-corrected chi connectivity index (χ0v) is 18.0. The molecule has 0 unspecified atom stereocenters.